The quantitative estimate of drug-likeness (QED) is 0.361. The fourth-order valence-corrected chi connectivity index (χ4v) is 3.44. The van der Waals surface area contributed by atoms with Crippen molar-refractivity contribution in [3.8, 4) is 5.75 Å². The lowest BCUT2D eigenvalue weighted by molar-refractivity contribution is -0.113. The van der Waals surface area contributed by atoms with E-state index in [1.165, 1.54) is 16.4 Å². The number of para-hydroxylation sites is 1. The molecule has 0 aliphatic heterocycles. The smallest absolute Gasteiger partial charge is 0.234 e. The SMILES string of the molecule is Nn1c(COc2ccccc2)nnc1SCC(=O)Nc1ccc2ccccc2c1. The Hall–Kier alpha value is -3.52. The van der Waals surface area contributed by atoms with Gasteiger partial charge in [-0.2, -0.15) is 0 Å². The largest absolute Gasteiger partial charge is 0.486 e. The number of carbonyl (C=O) groups is 1. The topological polar surface area (TPSA) is 95.1 Å². The minimum Gasteiger partial charge on any atom is -0.486 e. The Morgan fingerprint density at radius 3 is 2.59 bits per heavy atom. The van der Waals surface area contributed by atoms with Crippen LogP contribution in [0.25, 0.3) is 10.8 Å². The predicted molar refractivity (Wildman–Crippen MR) is 114 cm³/mol. The molecule has 0 aliphatic rings. The first kappa shape index (κ1) is 18.8. The lowest BCUT2D eigenvalue weighted by Crippen LogP contribution is -2.18. The average Bonchev–Trinajstić information content (AvgIpc) is 3.11. The Morgan fingerprint density at radius 1 is 1.00 bits per heavy atom. The predicted octanol–water partition coefficient (Wildman–Crippen LogP) is 3.45. The van der Waals surface area contributed by atoms with Gasteiger partial charge in [0.05, 0.1) is 5.75 Å². The molecule has 0 aliphatic carbocycles. The first-order valence-electron chi connectivity index (χ1n) is 8.98. The van der Waals surface area contributed by atoms with Gasteiger partial charge in [-0.05, 0) is 35.0 Å². The summed E-state index contributed by atoms with van der Waals surface area (Å²) in [5, 5.41) is 13.6. The molecule has 7 nitrogen and oxygen atoms in total. The summed E-state index contributed by atoms with van der Waals surface area (Å²) in [5.74, 6) is 7.25. The molecule has 4 rings (SSSR count). The number of nitrogens with two attached hydrogens (primary N) is 1. The van der Waals surface area contributed by atoms with Gasteiger partial charge < -0.3 is 15.9 Å². The number of anilines is 1. The van der Waals surface area contributed by atoms with E-state index < -0.39 is 0 Å². The van der Waals surface area contributed by atoms with Crippen molar-refractivity contribution >= 4 is 34.1 Å². The van der Waals surface area contributed by atoms with Gasteiger partial charge in [0.15, 0.2) is 5.82 Å². The molecule has 0 saturated carbocycles. The van der Waals surface area contributed by atoms with Crippen LogP contribution in [0.2, 0.25) is 0 Å². The summed E-state index contributed by atoms with van der Waals surface area (Å²) < 4.78 is 6.98. The van der Waals surface area contributed by atoms with Gasteiger partial charge in [-0.25, -0.2) is 4.68 Å². The number of thioether (sulfide) groups is 1. The standard InChI is InChI=1S/C21H19N5O2S/c22-26-19(13-28-18-8-2-1-3-9-18)24-25-21(26)29-14-20(27)23-17-11-10-15-6-4-5-7-16(15)12-17/h1-12H,13-14,22H2,(H,23,27). The molecule has 3 aromatic carbocycles. The molecule has 0 saturated heterocycles. The van der Waals surface area contributed by atoms with Crippen LogP contribution in [0.4, 0.5) is 5.69 Å². The van der Waals surface area contributed by atoms with Crippen LogP contribution >= 0.6 is 11.8 Å². The molecule has 4 aromatic rings. The summed E-state index contributed by atoms with van der Waals surface area (Å²) in [4.78, 5) is 12.3. The van der Waals surface area contributed by atoms with Gasteiger partial charge in [0.25, 0.3) is 0 Å². The third kappa shape index (κ3) is 4.67. The van der Waals surface area contributed by atoms with E-state index in [2.05, 4.69) is 15.5 Å². The second kappa shape index (κ2) is 8.66. The van der Waals surface area contributed by atoms with E-state index in [1.54, 1.807) is 0 Å². The molecule has 29 heavy (non-hydrogen) atoms. The first-order valence-corrected chi connectivity index (χ1v) is 9.96. The van der Waals surface area contributed by atoms with Crippen LogP contribution in [0.15, 0.2) is 78.0 Å². The second-order valence-corrected chi connectivity index (χ2v) is 7.21. The van der Waals surface area contributed by atoms with E-state index in [4.69, 9.17) is 10.6 Å². The van der Waals surface area contributed by atoms with E-state index >= 15 is 0 Å². The number of hydrogen-bond donors (Lipinski definition) is 2. The van der Waals surface area contributed by atoms with Crippen molar-refractivity contribution in [2.24, 2.45) is 0 Å². The van der Waals surface area contributed by atoms with Crippen LogP contribution in [-0.2, 0) is 11.4 Å². The number of nitrogens with one attached hydrogen (secondary N) is 1. The van der Waals surface area contributed by atoms with E-state index in [0.717, 1.165) is 22.2 Å². The highest BCUT2D eigenvalue weighted by molar-refractivity contribution is 7.99. The Labute approximate surface area is 171 Å². The molecule has 1 heterocycles. The van der Waals surface area contributed by atoms with Gasteiger partial charge in [-0.1, -0.05) is 60.3 Å². The van der Waals surface area contributed by atoms with Crippen molar-refractivity contribution in [2.75, 3.05) is 16.9 Å². The van der Waals surface area contributed by atoms with E-state index in [-0.39, 0.29) is 18.3 Å². The van der Waals surface area contributed by atoms with Gasteiger partial charge in [0.1, 0.15) is 12.4 Å². The molecule has 0 radical (unpaired) electrons. The van der Waals surface area contributed by atoms with Crippen LogP contribution in [0.5, 0.6) is 5.75 Å². The summed E-state index contributed by atoms with van der Waals surface area (Å²) in [6.07, 6.45) is 0. The molecule has 1 amide bonds. The number of amides is 1. The van der Waals surface area contributed by atoms with Crippen molar-refractivity contribution in [3.05, 3.63) is 78.6 Å². The maximum atomic E-state index is 12.3. The fourth-order valence-electron chi connectivity index (χ4n) is 2.76. The Morgan fingerprint density at radius 2 is 1.76 bits per heavy atom. The minimum atomic E-state index is -0.143. The molecule has 0 fully saturated rings. The number of nitrogen functional groups attached to an aromatic ring is 1. The Bertz CT molecular complexity index is 1130. The molecule has 0 unspecified atom stereocenters. The zero-order chi connectivity index (χ0) is 20.1. The van der Waals surface area contributed by atoms with Gasteiger partial charge in [-0.3, -0.25) is 4.79 Å². The molecular formula is C21H19N5O2S. The van der Waals surface area contributed by atoms with Gasteiger partial charge >= 0.3 is 0 Å². The lowest BCUT2D eigenvalue weighted by atomic mass is 10.1. The van der Waals surface area contributed by atoms with Gasteiger partial charge in [-0.15, -0.1) is 10.2 Å². The van der Waals surface area contributed by atoms with Crippen LogP contribution < -0.4 is 15.9 Å². The van der Waals surface area contributed by atoms with Crippen molar-refractivity contribution in [1.29, 1.82) is 0 Å². The Kier molecular flexibility index (Phi) is 5.62. The van der Waals surface area contributed by atoms with Crippen molar-refractivity contribution < 1.29 is 9.53 Å². The second-order valence-electron chi connectivity index (χ2n) is 6.27. The maximum absolute atomic E-state index is 12.3. The highest BCUT2D eigenvalue weighted by Gasteiger charge is 2.13. The van der Waals surface area contributed by atoms with E-state index in [9.17, 15) is 4.79 Å². The number of aromatic nitrogens is 3. The number of rotatable bonds is 7. The molecule has 146 valence electrons. The summed E-state index contributed by atoms with van der Waals surface area (Å²) >= 11 is 1.22. The maximum Gasteiger partial charge on any atom is 0.234 e. The number of hydrogen-bond acceptors (Lipinski definition) is 6. The molecular weight excluding hydrogens is 386 g/mol. The van der Waals surface area contributed by atoms with Crippen LogP contribution in [-0.4, -0.2) is 26.5 Å². The van der Waals surface area contributed by atoms with Gasteiger partial charge in [0, 0.05) is 5.69 Å². The average molecular weight is 405 g/mol. The molecule has 3 N–H and O–H groups in total. The first-order chi connectivity index (χ1) is 14.2. The highest BCUT2D eigenvalue weighted by Crippen LogP contribution is 2.20. The number of benzene rings is 3. The lowest BCUT2D eigenvalue weighted by Gasteiger charge is -2.07. The van der Waals surface area contributed by atoms with Crippen molar-refractivity contribution in [1.82, 2.24) is 14.9 Å². The number of ether oxygens (including phenoxy) is 1. The minimum absolute atomic E-state index is 0.143. The summed E-state index contributed by atoms with van der Waals surface area (Å²) in [7, 11) is 0. The molecule has 0 spiro atoms. The monoisotopic (exact) mass is 405 g/mol. The van der Waals surface area contributed by atoms with Gasteiger partial charge in [0.2, 0.25) is 11.1 Å². The summed E-state index contributed by atoms with van der Waals surface area (Å²) in [6.45, 7) is 0.192. The van der Waals surface area contributed by atoms with Crippen LogP contribution in [0, 0.1) is 0 Å². The summed E-state index contributed by atoms with van der Waals surface area (Å²) in [6, 6.07) is 23.2. The number of nitrogens with zero attached hydrogens (tertiary/aromatic N) is 3. The number of fused-ring (bicyclic) bond motifs is 1. The zero-order valence-electron chi connectivity index (χ0n) is 15.5. The molecule has 0 bridgehead atoms. The van der Waals surface area contributed by atoms with Crippen molar-refractivity contribution in [2.45, 2.75) is 11.8 Å². The van der Waals surface area contributed by atoms with Crippen LogP contribution in [0.1, 0.15) is 5.82 Å². The number of carbonyl (C=O) groups excluding carboxylic acids is 1. The summed E-state index contributed by atoms with van der Waals surface area (Å²) in [5.41, 5.74) is 0.750. The molecule has 0 atom stereocenters. The van der Waals surface area contributed by atoms with E-state index in [0.29, 0.717) is 11.0 Å². The highest BCUT2D eigenvalue weighted by atomic mass is 32.2. The normalized spacial score (nSPS) is 10.8. The van der Waals surface area contributed by atoms with E-state index in [1.807, 2.05) is 72.8 Å². The molecule has 8 heteroatoms. The van der Waals surface area contributed by atoms with Crippen molar-refractivity contribution in [3.63, 3.8) is 0 Å². The Balaban J connectivity index is 1.32. The third-order valence-electron chi connectivity index (χ3n) is 4.21. The zero-order valence-corrected chi connectivity index (χ0v) is 16.3. The van der Waals surface area contributed by atoms with Crippen LogP contribution in [0.3, 0.4) is 0 Å². The fraction of sp³-hybridized carbons (Fsp3) is 0.0952. The molecule has 1 aromatic heterocycles. The third-order valence-corrected chi connectivity index (χ3v) is 5.15.